The Hall–Kier alpha value is -1.66. The van der Waals surface area contributed by atoms with Crippen molar-refractivity contribution >= 4 is 29.2 Å². The smallest absolute Gasteiger partial charge is 0.242 e. The Balaban J connectivity index is 1.51. The minimum Gasteiger partial charge on any atom is -0.341 e. The molecule has 1 aliphatic heterocycles. The van der Waals surface area contributed by atoms with Gasteiger partial charge in [0.15, 0.2) is 0 Å². The second kappa shape index (κ2) is 7.70. The Labute approximate surface area is 153 Å². The van der Waals surface area contributed by atoms with Crippen molar-refractivity contribution in [3.05, 3.63) is 23.4 Å². The lowest BCUT2D eigenvalue weighted by atomic mass is 9.81. The molecule has 2 fully saturated rings. The number of aromatic nitrogens is 1. The van der Waals surface area contributed by atoms with Crippen LogP contribution in [-0.2, 0) is 9.59 Å². The fourth-order valence-electron chi connectivity index (χ4n) is 3.73. The average Bonchev–Trinajstić information content (AvgIpc) is 2.64. The standard InChI is InChI=1S/C18H25ClN4O2/c19-14-4-5-15(21-12-14)22-16(24)13-6-10-23(11-7-13)17(25)18(20)8-2-1-3-9-18/h4-5,12-13H,1-3,6-11,20H2,(H,21,22,24). The third-order valence-corrected chi connectivity index (χ3v) is 5.53. The summed E-state index contributed by atoms with van der Waals surface area (Å²) in [5.74, 6) is 0.394. The number of nitrogens with zero attached hydrogens (tertiary/aromatic N) is 2. The number of likely N-dealkylation sites (tertiary alicyclic amines) is 1. The summed E-state index contributed by atoms with van der Waals surface area (Å²) in [6.07, 6.45) is 7.56. The lowest BCUT2D eigenvalue weighted by Gasteiger charge is -2.39. The SMILES string of the molecule is NC1(C(=O)N2CCC(C(=O)Nc3ccc(Cl)cn3)CC2)CCCCC1. The van der Waals surface area contributed by atoms with Crippen LogP contribution in [0.5, 0.6) is 0 Å². The molecule has 1 aromatic rings. The maximum atomic E-state index is 12.8. The van der Waals surface area contributed by atoms with Crippen molar-refractivity contribution in [1.29, 1.82) is 0 Å². The number of halogens is 1. The Morgan fingerprint density at radius 3 is 2.48 bits per heavy atom. The molecule has 136 valence electrons. The molecule has 1 aliphatic carbocycles. The molecular weight excluding hydrogens is 340 g/mol. The van der Waals surface area contributed by atoms with Crippen LogP contribution in [0.1, 0.15) is 44.9 Å². The summed E-state index contributed by atoms with van der Waals surface area (Å²) in [6.45, 7) is 1.17. The molecule has 3 rings (SSSR count). The summed E-state index contributed by atoms with van der Waals surface area (Å²) in [5.41, 5.74) is 5.66. The zero-order valence-corrected chi connectivity index (χ0v) is 15.1. The highest BCUT2D eigenvalue weighted by molar-refractivity contribution is 6.30. The zero-order valence-electron chi connectivity index (χ0n) is 14.3. The van der Waals surface area contributed by atoms with Gasteiger partial charge in [0.1, 0.15) is 5.82 Å². The molecule has 7 heteroatoms. The van der Waals surface area contributed by atoms with E-state index in [-0.39, 0.29) is 17.7 Å². The van der Waals surface area contributed by atoms with Crippen LogP contribution in [-0.4, -0.2) is 40.3 Å². The monoisotopic (exact) mass is 364 g/mol. The van der Waals surface area contributed by atoms with Gasteiger partial charge in [-0.15, -0.1) is 0 Å². The molecule has 0 unspecified atom stereocenters. The van der Waals surface area contributed by atoms with Gasteiger partial charge in [-0.2, -0.15) is 0 Å². The predicted octanol–water partition coefficient (Wildman–Crippen LogP) is 2.57. The number of carbonyl (C=O) groups is 2. The maximum Gasteiger partial charge on any atom is 0.242 e. The second-order valence-electron chi connectivity index (χ2n) is 7.13. The van der Waals surface area contributed by atoms with E-state index in [1.165, 1.54) is 6.20 Å². The molecule has 0 radical (unpaired) electrons. The first kappa shape index (κ1) is 18.1. The second-order valence-corrected chi connectivity index (χ2v) is 7.57. The van der Waals surface area contributed by atoms with Gasteiger partial charge in [0, 0.05) is 25.2 Å². The number of piperidine rings is 1. The van der Waals surface area contributed by atoms with E-state index < -0.39 is 5.54 Å². The summed E-state index contributed by atoms with van der Waals surface area (Å²) in [6, 6.07) is 3.37. The molecule has 1 aromatic heterocycles. The van der Waals surface area contributed by atoms with Gasteiger partial charge >= 0.3 is 0 Å². The summed E-state index contributed by atoms with van der Waals surface area (Å²) >= 11 is 5.80. The fourth-order valence-corrected chi connectivity index (χ4v) is 3.85. The highest BCUT2D eigenvalue weighted by Gasteiger charge is 2.39. The Morgan fingerprint density at radius 2 is 1.88 bits per heavy atom. The van der Waals surface area contributed by atoms with Crippen molar-refractivity contribution < 1.29 is 9.59 Å². The van der Waals surface area contributed by atoms with Gasteiger partial charge in [-0.25, -0.2) is 4.98 Å². The van der Waals surface area contributed by atoms with E-state index in [1.807, 2.05) is 4.90 Å². The van der Waals surface area contributed by atoms with Crippen LogP contribution in [0.15, 0.2) is 18.3 Å². The van der Waals surface area contributed by atoms with Gasteiger partial charge in [0.05, 0.1) is 10.6 Å². The summed E-state index contributed by atoms with van der Waals surface area (Å²) < 4.78 is 0. The Morgan fingerprint density at radius 1 is 1.20 bits per heavy atom. The van der Waals surface area contributed by atoms with Crippen LogP contribution in [0.25, 0.3) is 0 Å². The number of hydrogen-bond acceptors (Lipinski definition) is 4. The fraction of sp³-hybridized carbons (Fsp3) is 0.611. The van der Waals surface area contributed by atoms with Crippen molar-refractivity contribution in [2.45, 2.75) is 50.5 Å². The van der Waals surface area contributed by atoms with Crippen LogP contribution >= 0.6 is 11.6 Å². The van der Waals surface area contributed by atoms with Crippen LogP contribution in [0.2, 0.25) is 5.02 Å². The molecule has 0 atom stereocenters. The number of nitrogens with one attached hydrogen (secondary N) is 1. The zero-order chi connectivity index (χ0) is 17.9. The number of rotatable bonds is 3. The van der Waals surface area contributed by atoms with Crippen molar-refractivity contribution in [1.82, 2.24) is 9.88 Å². The minimum atomic E-state index is -0.694. The molecule has 2 amide bonds. The Kier molecular flexibility index (Phi) is 5.59. The van der Waals surface area contributed by atoms with E-state index in [4.69, 9.17) is 17.3 Å². The van der Waals surface area contributed by atoms with Gasteiger partial charge in [0.2, 0.25) is 11.8 Å². The number of nitrogens with two attached hydrogens (primary N) is 1. The van der Waals surface area contributed by atoms with Crippen LogP contribution in [0.3, 0.4) is 0 Å². The number of hydrogen-bond donors (Lipinski definition) is 2. The van der Waals surface area contributed by atoms with Gasteiger partial charge in [-0.1, -0.05) is 30.9 Å². The van der Waals surface area contributed by atoms with Gasteiger partial charge in [0.25, 0.3) is 0 Å². The van der Waals surface area contributed by atoms with Crippen LogP contribution in [0, 0.1) is 5.92 Å². The molecular formula is C18H25ClN4O2. The molecule has 1 saturated heterocycles. The first-order valence-electron chi connectivity index (χ1n) is 8.99. The average molecular weight is 365 g/mol. The van der Waals surface area contributed by atoms with E-state index in [2.05, 4.69) is 10.3 Å². The number of anilines is 1. The predicted molar refractivity (Wildman–Crippen MR) is 97.2 cm³/mol. The Bertz CT molecular complexity index is 620. The van der Waals surface area contributed by atoms with E-state index >= 15 is 0 Å². The largest absolute Gasteiger partial charge is 0.341 e. The van der Waals surface area contributed by atoms with Crippen molar-refractivity contribution in [3.8, 4) is 0 Å². The quantitative estimate of drug-likeness (QED) is 0.862. The van der Waals surface area contributed by atoms with Gasteiger partial charge in [-0.3, -0.25) is 9.59 Å². The summed E-state index contributed by atoms with van der Waals surface area (Å²) in [4.78, 5) is 31.1. The third kappa shape index (κ3) is 4.30. The first-order chi connectivity index (χ1) is 12.0. The lowest BCUT2D eigenvalue weighted by molar-refractivity contribution is -0.140. The van der Waals surface area contributed by atoms with E-state index in [0.717, 1.165) is 32.1 Å². The molecule has 0 aromatic carbocycles. The first-order valence-corrected chi connectivity index (χ1v) is 9.36. The molecule has 0 bridgehead atoms. The normalized spacial score (nSPS) is 21.0. The van der Waals surface area contributed by atoms with Crippen molar-refractivity contribution in [3.63, 3.8) is 0 Å². The van der Waals surface area contributed by atoms with Crippen molar-refractivity contribution in [2.24, 2.45) is 11.7 Å². The number of pyridine rings is 1. The van der Waals surface area contributed by atoms with E-state index in [9.17, 15) is 9.59 Å². The molecule has 6 nitrogen and oxygen atoms in total. The van der Waals surface area contributed by atoms with Gasteiger partial charge < -0.3 is 16.0 Å². The topological polar surface area (TPSA) is 88.3 Å². The van der Waals surface area contributed by atoms with Crippen LogP contribution < -0.4 is 11.1 Å². The molecule has 2 aliphatic rings. The molecule has 0 spiro atoms. The van der Waals surface area contributed by atoms with E-state index in [1.54, 1.807) is 12.1 Å². The number of carbonyl (C=O) groups excluding carboxylic acids is 2. The van der Waals surface area contributed by atoms with Crippen molar-refractivity contribution in [2.75, 3.05) is 18.4 Å². The molecule has 1 saturated carbocycles. The van der Waals surface area contributed by atoms with Gasteiger partial charge in [-0.05, 0) is 37.8 Å². The third-order valence-electron chi connectivity index (χ3n) is 5.30. The summed E-state index contributed by atoms with van der Waals surface area (Å²) in [5, 5.41) is 3.35. The van der Waals surface area contributed by atoms with E-state index in [0.29, 0.717) is 36.8 Å². The highest BCUT2D eigenvalue weighted by Crippen LogP contribution is 2.29. The maximum absolute atomic E-state index is 12.8. The summed E-state index contributed by atoms with van der Waals surface area (Å²) in [7, 11) is 0. The minimum absolute atomic E-state index is 0.0537. The lowest BCUT2D eigenvalue weighted by Crippen LogP contribution is -2.58. The number of amides is 2. The molecule has 3 N–H and O–H groups in total. The molecule has 2 heterocycles. The molecule has 25 heavy (non-hydrogen) atoms. The van der Waals surface area contributed by atoms with Crippen LogP contribution in [0.4, 0.5) is 5.82 Å². The highest BCUT2D eigenvalue weighted by atomic mass is 35.5.